The van der Waals surface area contributed by atoms with Gasteiger partial charge in [0, 0.05) is 6.42 Å². The Morgan fingerprint density at radius 2 is 2.00 bits per heavy atom. The zero-order valence-corrected chi connectivity index (χ0v) is 9.79. The van der Waals surface area contributed by atoms with Crippen LogP contribution in [0.3, 0.4) is 0 Å². The second-order valence-electron chi connectivity index (χ2n) is 4.98. The lowest BCUT2D eigenvalue weighted by atomic mass is 9.80. The monoisotopic (exact) mass is 212 g/mol. The maximum Gasteiger partial charge on any atom is 0.158 e. The summed E-state index contributed by atoms with van der Waals surface area (Å²) >= 11 is 0. The Labute approximate surface area is 96.2 Å². The maximum absolute atomic E-state index is 11.8. The molecule has 0 spiro atoms. The Morgan fingerprint density at radius 1 is 1.25 bits per heavy atom. The zero-order chi connectivity index (χ0) is 11.3. The number of benzene rings is 1. The number of carbonyl (C=O) groups excluding carboxylic acids is 1. The van der Waals surface area contributed by atoms with E-state index < -0.39 is 0 Å². The van der Waals surface area contributed by atoms with E-state index in [1.54, 1.807) is 0 Å². The van der Waals surface area contributed by atoms with Gasteiger partial charge in [-0.1, -0.05) is 31.2 Å². The van der Waals surface area contributed by atoms with Crippen LogP contribution in [0, 0.1) is 5.92 Å². The van der Waals surface area contributed by atoms with Crippen molar-refractivity contribution >= 4 is 11.4 Å². The predicted molar refractivity (Wildman–Crippen MR) is 65.2 cm³/mol. The molecule has 0 bridgehead atoms. The number of hydrogen-bond donors (Lipinski definition) is 0. The van der Waals surface area contributed by atoms with E-state index in [0.29, 0.717) is 17.6 Å². The van der Waals surface area contributed by atoms with Gasteiger partial charge in [0.2, 0.25) is 0 Å². The largest absolute Gasteiger partial charge is 0.295 e. The van der Waals surface area contributed by atoms with Crippen molar-refractivity contribution in [1.29, 1.82) is 0 Å². The van der Waals surface area contributed by atoms with E-state index in [0.717, 1.165) is 18.4 Å². The Bertz CT molecular complexity index is 496. The normalized spacial score (nSPS) is 28.0. The molecule has 0 heterocycles. The molecular formula is C15H16O. The van der Waals surface area contributed by atoms with Crippen molar-refractivity contribution in [3.63, 3.8) is 0 Å². The molecule has 2 aliphatic rings. The van der Waals surface area contributed by atoms with Crippen LogP contribution in [-0.4, -0.2) is 5.78 Å². The summed E-state index contributed by atoms with van der Waals surface area (Å²) in [5.74, 6) is 1.50. The summed E-state index contributed by atoms with van der Waals surface area (Å²) in [6.07, 6.45) is 1.76. The molecule has 0 N–H and O–H groups in total. The number of hydrogen-bond acceptors (Lipinski definition) is 1. The average Bonchev–Trinajstić information content (AvgIpc) is 2.59. The van der Waals surface area contributed by atoms with Crippen molar-refractivity contribution in [2.45, 2.75) is 32.6 Å². The molecule has 2 unspecified atom stereocenters. The third kappa shape index (κ3) is 1.14. The van der Waals surface area contributed by atoms with Crippen molar-refractivity contribution in [3.8, 4) is 0 Å². The van der Waals surface area contributed by atoms with Gasteiger partial charge in [-0.25, -0.2) is 0 Å². The lowest BCUT2D eigenvalue weighted by Crippen LogP contribution is -2.16. The quantitative estimate of drug-likeness (QED) is 0.642. The van der Waals surface area contributed by atoms with Crippen molar-refractivity contribution in [3.05, 3.63) is 41.0 Å². The number of fused-ring (bicyclic) bond motifs is 3. The molecule has 0 saturated heterocycles. The second kappa shape index (κ2) is 3.31. The molecular weight excluding hydrogens is 196 g/mol. The van der Waals surface area contributed by atoms with Crippen LogP contribution in [0.1, 0.15) is 43.7 Å². The van der Waals surface area contributed by atoms with Crippen molar-refractivity contribution < 1.29 is 4.79 Å². The van der Waals surface area contributed by atoms with Gasteiger partial charge >= 0.3 is 0 Å². The maximum atomic E-state index is 11.8. The van der Waals surface area contributed by atoms with E-state index in [-0.39, 0.29) is 0 Å². The van der Waals surface area contributed by atoms with E-state index in [2.05, 4.69) is 31.2 Å². The molecule has 0 amide bonds. The number of carbonyl (C=O) groups is 1. The topological polar surface area (TPSA) is 17.1 Å². The molecule has 1 heteroatoms. The Morgan fingerprint density at radius 3 is 2.81 bits per heavy atom. The van der Waals surface area contributed by atoms with Gasteiger partial charge in [0.1, 0.15) is 0 Å². The van der Waals surface area contributed by atoms with Gasteiger partial charge in [-0.2, -0.15) is 0 Å². The first-order valence-electron chi connectivity index (χ1n) is 6.03. The number of rotatable bonds is 0. The average molecular weight is 212 g/mol. The number of ketones is 1. The molecule has 0 aliphatic heterocycles. The predicted octanol–water partition coefficient (Wildman–Crippen LogP) is 3.56. The number of Topliss-reactive ketones (excluding diaryl/α,β-unsaturated/α-hetero) is 1. The van der Waals surface area contributed by atoms with Gasteiger partial charge in [0.05, 0.1) is 0 Å². The smallest absolute Gasteiger partial charge is 0.158 e. The first-order valence-corrected chi connectivity index (χ1v) is 6.03. The van der Waals surface area contributed by atoms with E-state index in [1.807, 2.05) is 6.92 Å². The highest BCUT2D eigenvalue weighted by molar-refractivity contribution is 6.05. The van der Waals surface area contributed by atoms with Crippen LogP contribution in [0.2, 0.25) is 0 Å². The van der Waals surface area contributed by atoms with Crippen molar-refractivity contribution in [1.82, 2.24) is 0 Å². The van der Waals surface area contributed by atoms with Crippen LogP contribution in [0.25, 0.3) is 5.57 Å². The lowest BCUT2D eigenvalue weighted by molar-refractivity contribution is -0.116. The summed E-state index contributed by atoms with van der Waals surface area (Å²) in [5, 5.41) is 0. The fourth-order valence-corrected chi connectivity index (χ4v) is 3.30. The fraction of sp³-hybridized carbons (Fsp3) is 0.400. The molecule has 0 fully saturated rings. The van der Waals surface area contributed by atoms with E-state index in [4.69, 9.17) is 0 Å². The van der Waals surface area contributed by atoms with Crippen LogP contribution in [0.4, 0.5) is 0 Å². The molecule has 1 nitrogen and oxygen atoms in total. The zero-order valence-electron chi connectivity index (χ0n) is 9.79. The Hall–Kier alpha value is -1.37. The van der Waals surface area contributed by atoms with Crippen molar-refractivity contribution in [2.75, 3.05) is 0 Å². The van der Waals surface area contributed by atoms with Crippen LogP contribution in [0.5, 0.6) is 0 Å². The molecule has 0 saturated carbocycles. The Balaban J connectivity index is 2.26. The molecule has 3 rings (SSSR count). The Kier molecular flexibility index (Phi) is 2.03. The van der Waals surface area contributed by atoms with Gasteiger partial charge < -0.3 is 0 Å². The minimum atomic E-state index is 0.343. The van der Waals surface area contributed by atoms with Crippen LogP contribution in [0.15, 0.2) is 29.8 Å². The second-order valence-corrected chi connectivity index (χ2v) is 4.98. The minimum absolute atomic E-state index is 0.343. The molecule has 2 atom stereocenters. The van der Waals surface area contributed by atoms with Gasteiger partial charge in [-0.15, -0.1) is 0 Å². The summed E-state index contributed by atoms with van der Waals surface area (Å²) in [6, 6.07) is 8.56. The van der Waals surface area contributed by atoms with Crippen molar-refractivity contribution in [2.24, 2.45) is 5.92 Å². The van der Waals surface area contributed by atoms with Gasteiger partial charge in [0.25, 0.3) is 0 Å². The first kappa shape index (κ1) is 9.83. The highest BCUT2D eigenvalue weighted by Gasteiger charge is 2.38. The van der Waals surface area contributed by atoms with Gasteiger partial charge in [0.15, 0.2) is 5.78 Å². The number of allylic oxidation sites excluding steroid dienone is 2. The van der Waals surface area contributed by atoms with Gasteiger partial charge in [-0.3, -0.25) is 4.79 Å². The summed E-state index contributed by atoms with van der Waals surface area (Å²) in [4.78, 5) is 11.8. The van der Waals surface area contributed by atoms with Gasteiger partial charge in [-0.05, 0) is 47.5 Å². The molecule has 0 radical (unpaired) electrons. The summed E-state index contributed by atoms with van der Waals surface area (Å²) < 4.78 is 0. The third-order valence-electron chi connectivity index (χ3n) is 4.22. The standard InChI is InChI=1S/C15H16O/c1-9-11-5-3-4-6-13(11)15-10(2)14(16)8-7-12(9)15/h3-6,9,12H,7-8H2,1-2H3. The molecule has 2 aliphatic carbocycles. The summed E-state index contributed by atoms with van der Waals surface area (Å²) in [7, 11) is 0. The summed E-state index contributed by atoms with van der Waals surface area (Å²) in [5.41, 5.74) is 5.09. The van der Waals surface area contributed by atoms with Crippen LogP contribution in [-0.2, 0) is 4.79 Å². The van der Waals surface area contributed by atoms with Crippen LogP contribution < -0.4 is 0 Å². The van der Waals surface area contributed by atoms with E-state index in [9.17, 15) is 4.79 Å². The molecule has 16 heavy (non-hydrogen) atoms. The molecule has 1 aromatic rings. The highest BCUT2D eigenvalue weighted by atomic mass is 16.1. The van der Waals surface area contributed by atoms with Crippen LogP contribution >= 0.6 is 0 Å². The molecule has 1 aromatic carbocycles. The molecule has 0 aromatic heterocycles. The minimum Gasteiger partial charge on any atom is -0.295 e. The van der Waals surface area contributed by atoms with E-state index in [1.165, 1.54) is 16.7 Å². The third-order valence-corrected chi connectivity index (χ3v) is 4.22. The lowest BCUT2D eigenvalue weighted by Gasteiger charge is -2.23. The van der Waals surface area contributed by atoms with E-state index >= 15 is 0 Å². The first-order chi connectivity index (χ1) is 7.70. The molecule has 82 valence electrons. The summed E-state index contributed by atoms with van der Waals surface area (Å²) in [6.45, 7) is 4.29. The fourth-order valence-electron chi connectivity index (χ4n) is 3.30. The SMILES string of the molecule is CC1=C2c3ccccc3C(C)C2CCC1=O. The highest BCUT2D eigenvalue weighted by Crippen LogP contribution is 2.51.